The molecule has 2 atom stereocenters. The van der Waals surface area contributed by atoms with Crippen LogP contribution in [0.5, 0.6) is 11.5 Å². The summed E-state index contributed by atoms with van der Waals surface area (Å²) >= 11 is 9.50. The lowest BCUT2D eigenvalue weighted by Gasteiger charge is -2.28. The number of imidazole rings is 1. The summed E-state index contributed by atoms with van der Waals surface area (Å²) in [5.74, 6) is -2.81. The van der Waals surface area contributed by atoms with E-state index >= 15 is 4.39 Å². The van der Waals surface area contributed by atoms with Crippen molar-refractivity contribution in [1.82, 2.24) is 19.4 Å². The molecule has 3 amide bonds. The molecule has 1 aliphatic heterocycles. The fraction of sp³-hybridized carbons (Fsp3) is 0.273. The van der Waals surface area contributed by atoms with Crippen LogP contribution in [-0.2, 0) is 17.9 Å². The maximum atomic E-state index is 15.2. The average Bonchev–Trinajstić information content (AvgIpc) is 3.35. The molecular weight excluding hydrogens is 754 g/mol. The Morgan fingerprint density at radius 3 is 2.32 bits per heavy atom. The van der Waals surface area contributed by atoms with Gasteiger partial charge in [0.1, 0.15) is 23.0 Å². The number of benzene rings is 3. The second-order valence-electron chi connectivity index (χ2n) is 11.4. The molecule has 0 spiro atoms. The third-order valence-corrected chi connectivity index (χ3v) is 9.08. The molecule has 11 nitrogen and oxygen atoms in total. The number of nitrogens with one attached hydrogen (secondary N) is 1. The van der Waals surface area contributed by atoms with Crippen molar-refractivity contribution in [2.24, 2.45) is 5.73 Å². The molecule has 1 aromatic heterocycles. The quantitative estimate of drug-likeness (QED) is 0.203. The number of primary amides is 1. The molecule has 4 aromatic rings. The first kappa shape index (κ1) is 36.5. The molecule has 0 bridgehead atoms. The van der Waals surface area contributed by atoms with Crippen LogP contribution < -0.4 is 26.2 Å². The molecule has 1 aliphatic rings. The van der Waals surface area contributed by atoms with E-state index in [2.05, 4.69) is 21.2 Å². The van der Waals surface area contributed by atoms with Crippen molar-refractivity contribution >= 4 is 45.3 Å². The molecule has 0 radical (unpaired) electrons. The normalized spacial score (nSPS) is 14.0. The summed E-state index contributed by atoms with van der Waals surface area (Å²) in [5.41, 5.74) is 5.02. The van der Waals surface area contributed by atoms with Crippen LogP contribution in [0.15, 0.2) is 69.9 Å². The van der Waals surface area contributed by atoms with Gasteiger partial charge in [-0.1, -0.05) is 17.7 Å². The number of carbonyl (C=O) groups is 3. The fourth-order valence-electron chi connectivity index (χ4n) is 5.31. The van der Waals surface area contributed by atoms with Crippen LogP contribution in [-0.4, -0.2) is 57.2 Å². The van der Waals surface area contributed by atoms with Gasteiger partial charge in [-0.05, 0) is 78.3 Å². The summed E-state index contributed by atoms with van der Waals surface area (Å²) in [6.07, 6.45) is -5.59. The van der Waals surface area contributed by atoms with E-state index in [0.717, 1.165) is 10.6 Å². The van der Waals surface area contributed by atoms with Gasteiger partial charge in [0.15, 0.2) is 12.7 Å². The van der Waals surface area contributed by atoms with Gasteiger partial charge in [0.2, 0.25) is 0 Å². The van der Waals surface area contributed by atoms with Crippen molar-refractivity contribution < 1.29 is 41.4 Å². The number of nitrogens with zero attached hydrogens (tertiary/aromatic N) is 3. The van der Waals surface area contributed by atoms with Crippen LogP contribution in [0, 0.1) is 5.82 Å². The van der Waals surface area contributed by atoms with Crippen LogP contribution >= 0.6 is 27.5 Å². The number of halogens is 6. The molecule has 0 saturated heterocycles. The van der Waals surface area contributed by atoms with Gasteiger partial charge in [-0.3, -0.25) is 23.5 Å². The average molecular weight is 783 g/mol. The van der Waals surface area contributed by atoms with Crippen LogP contribution in [0.25, 0.3) is 5.69 Å². The van der Waals surface area contributed by atoms with Crippen molar-refractivity contribution in [3.63, 3.8) is 0 Å². The number of ether oxygens (including phenoxy) is 2. The van der Waals surface area contributed by atoms with Gasteiger partial charge in [0, 0.05) is 34.8 Å². The highest BCUT2D eigenvalue weighted by atomic mass is 79.9. The van der Waals surface area contributed by atoms with E-state index in [-0.39, 0.29) is 59.3 Å². The highest BCUT2D eigenvalue weighted by Gasteiger charge is 2.33. The van der Waals surface area contributed by atoms with Crippen LogP contribution in [0.1, 0.15) is 52.0 Å². The highest BCUT2D eigenvalue weighted by Crippen LogP contribution is 2.28. The zero-order chi connectivity index (χ0) is 36.5. The Bertz CT molecular complexity index is 2020. The minimum absolute atomic E-state index is 0.0135. The third-order valence-electron chi connectivity index (χ3n) is 7.84. The molecule has 0 saturated carbocycles. The van der Waals surface area contributed by atoms with Crippen molar-refractivity contribution in [2.75, 3.05) is 13.2 Å². The SMILES string of the molecule is C[C@H](Oc1ccc([C@@H](C)NC(=O)c2c3n(c(=O)n2-c2ccc(OCC(F)(F)F)cc2)CCN(C(=O)c2ccc(Br)c(Cl)c2)C3)c(F)c1)C(N)=O. The Morgan fingerprint density at radius 2 is 1.70 bits per heavy atom. The minimum Gasteiger partial charge on any atom is -0.484 e. The molecule has 2 heterocycles. The number of nitrogens with two attached hydrogens (primary N) is 1. The Morgan fingerprint density at radius 1 is 1.02 bits per heavy atom. The van der Waals surface area contributed by atoms with Crippen LogP contribution in [0.3, 0.4) is 0 Å². The highest BCUT2D eigenvalue weighted by molar-refractivity contribution is 9.10. The molecule has 0 aliphatic carbocycles. The van der Waals surface area contributed by atoms with E-state index in [0.29, 0.717) is 9.50 Å². The van der Waals surface area contributed by atoms with Crippen molar-refractivity contribution in [2.45, 2.75) is 45.3 Å². The summed E-state index contributed by atoms with van der Waals surface area (Å²) in [5, 5.41) is 3.01. The van der Waals surface area contributed by atoms with Gasteiger partial charge in [-0.2, -0.15) is 13.2 Å². The lowest BCUT2D eigenvalue weighted by molar-refractivity contribution is -0.153. The second kappa shape index (κ2) is 14.6. The van der Waals surface area contributed by atoms with Crippen molar-refractivity contribution in [3.05, 3.63) is 109 Å². The maximum Gasteiger partial charge on any atom is 0.422 e. The molecule has 5 rings (SSSR count). The number of alkyl halides is 3. The second-order valence-corrected chi connectivity index (χ2v) is 12.6. The summed E-state index contributed by atoms with van der Waals surface area (Å²) in [6.45, 7) is 1.34. The van der Waals surface area contributed by atoms with E-state index in [4.69, 9.17) is 26.8 Å². The molecule has 0 fully saturated rings. The molecule has 3 N–H and O–H groups in total. The zero-order valence-electron chi connectivity index (χ0n) is 26.4. The van der Waals surface area contributed by atoms with Gasteiger partial charge in [0.25, 0.3) is 17.7 Å². The van der Waals surface area contributed by atoms with E-state index < -0.39 is 54.2 Å². The van der Waals surface area contributed by atoms with Gasteiger partial charge >= 0.3 is 11.9 Å². The standard InChI is InChI=1S/C33H29BrClF4N5O6/c1-17(23-9-8-22(14-26(23)36)50-18(2)29(40)45)41-30(46)28-27-15-42(31(47)19-3-10-24(34)25(35)13-19)11-12-43(27)32(48)44(28)20-4-6-21(7-5-20)49-16-33(37,38)39/h3-10,13-14,17-18H,11-12,15-16H2,1-2H3,(H2,40,45)(H,41,46)/t17-,18+/m1/s1. The predicted octanol–water partition coefficient (Wildman–Crippen LogP) is 5.53. The molecule has 0 unspecified atom stereocenters. The number of hydrogen-bond acceptors (Lipinski definition) is 6. The van der Waals surface area contributed by atoms with Gasteiger partial charge in [-0.15, -0.1) is 0 Å². The van der Waals surface area contributed by atoms with E-state index in [9.17, 15) is 32.3 Å². The van der Waals surface area contributed by atoms with E-state index in [1.54, 1.807) is 12.1 Å². The molecule has 3 aromatic carbocycles. The number of aromatic nitrogens is 2. The summed E-state index contributed by atoms with van der Waals surface area (Å²) < 4.78 is 66.4. The molecular formula is C33H29BrClF4N5O6. The number of rotatable bonds is 10. The smallest absolute Gasteiger partial charge is 0.422 e. The fourth-order valence-corrected chi connectivity index (χ4v) is 5.74. The van der Waals surface area contributed by atoms with Gasteiger partial charge in [-0.25, -0.2) is 9.18 Å². The lowest BCUT2D eigenvalue weighted by atomic mass is 10.1. The lowest BCUT2D eigenvalue weighted by Crippen LogP contribution is -2.41. The Hall–Kier alpha value is -4.83. The van der Waals surface area contributed by atoms with Crippen molar-refractivity contribution in [3.8, 4) is 17.2 Å². The number of fused-ring (bicyclic) bond motifs is 1. The summed E-state index contributed by atoms with van der Waals surface area (Å²) in [4.78, 5) is 54.2. The maximum absolute atomic E-state index is 15.2. The Balaban J connectivity index is 1.50. The van der Waals surface area contributed by atoms with E-state index in [1.165, 1.54) is 65.8 Å². The molecule has 264 valence electrons. The van der Waals surface area contributed by atoms with Crippen LogP contribution in [0.4, 0.5) is 17.6 Å². The van der Waals surface area contributed by atoms with E-state index in [1.807, 2.05) is 0 Å². The van der Waals surface area contributed by atoms with Crippen LogP contribution in [0.2, 0.25) is 5.02 Å². The third kappa shape index (κ3) is 7.97. The first-order valence-electron chi connectivity index (χ1n) is 15.0. The number of amides is 3. The minimum atomic E-state index is -4.57. The topological polar surface area (TPSA) is 138 Å². The summed E-state index contributed by atoms with van der Waals surface area (Å²) in [7, 11) is 0. The van der Waals surface area contributed by atoms with Gasteiger partial charge < -0.3 is 25.4 Å². The predicted molar refractivity (Wildman–Crippen MR) is 177 cm³/mol. The number of hydrogen-bond donors (Lipinski definition) is 2. The molecule has 17 heteroatoms. The Kier molecular flexibility index (Phi) is 10.6. The summed E-state index contributed by atoms with van der Waals surface area (Å²) in [6, 6.07) is 12.6. The Labute approximate surface area is 295 Å². The monoisotopic (exact) mass is 781 g/mol. The first-order valence-corrected chi connectivity index (χ1v) is 16.2. The largest absolute Gasteiger partial charge is 0.484 e. The first-order chi connectivity index (χ1) is 23.5. The number of carbonyl (C=O) groups excluding carboxylic acids is 3. The van der Waals surface area contributed by atoms with Crippen molar-refractivity contribution in [1.29, 1.82) is 0 Å². The van der Waals surface area contributed by atoms with Gasteiger partial charge in [0.05, 0.1) is 29.0 Å². The zero-order valence-corrected chi connectivity index (χ0v) is 28.7. The molecule has 50 heavy (non-hydrogen) atoms.